The van der Waals surface area contributed by atoms with Gasteiger partial charge >= 0.3 is 0 Å². The maximum Gasteiger partial charge on any atom is 0.249 e. The van der Waals surface area contributed by atoms with Crippen LogP contribution in [0.1, 0.15) is 33.6 Å². The minimum absolute atomic E-state index is 0.146. The van der Waals surface area contributed by atoms with Crippen molar-refractivity contribution in [3.05, 3.63) is 12.2 Å². The molecule has 0 N–H and O–H groups in total. The van der Waals surface area contributed by atoms with Gasteiger partial charge in [0.05, 0.1) is 0 Å². The van der Waals surface area contributed by atoms with E-state index < -0.39 is 0 Å². The highest BCUT2D eigenvalue weighted by atomic mass is 16.2. The van der Waals surface area contributed by atoms with Gasteiger partial charge < -0.3 is 4.90 Å². The molecule has 1 heterocycles. The molecule has 0 radical (unpaired) electrons. The Balaban J connectivity index is 2.82. The third kappa shape index (κ3) is 2.33. The Kier molecular flexibility index (Phi) is 2.79. The normalized spacial score (nSPS) is 23.2. The molecule has 0 spiro atoms. The summed E-state index contributed by atoms with van der Waals surface area (Å²) in [6.45, 7) is 11.9. The van der Waals surface area contributed by atoms with Crippen molar-refractivity contribution in [2.75, 3.05) is 13.1 Å². The van der Waals surface area contributed by atoms with Crippen molar-refractivity contribution in [1.82, 2.24) is 4.90 Å². The van der Waals surface area contributed by atoms with Gasteiger partial charge in [0.15, 0.2) is 0 Å². The van der Waals surface area contributed by atoms with Crippen LogP contribution in [0.15, 0.2) is 12.2 Å². The summed E-state index contributed by atoms with van der Waals surface area (Å²) in [4.78, 5) is 13.6. The highest BCUT2D eigenvalue weighted by Crippen LogP contribution is 2.29. The highest BCUT2D eigenvalue weighted by molar-refractivity contribution is 5.93. The average molecular weight is 181 g/mol. The van der Waals surface area contributed by atoms with E-state index in [1.807, 2.05) is 11.8 Å². The van der Waals surface area contributed by atoms with Gasteiger partial charge in [0.25, 0.3) is 0 Å². The van der Waals surface area contributed by atoms with E-state index in [-0.39, 0.29) is 11.3 Å². The summed E-state index contributed by atoms with van der Waals surface area (Å²) in [5.41, 5.74) is 1.01. The predicted molar refractivity (Wildman–Crippen MR) is 54.4 cm³/mol. The maximum absolute atomic E-state index is 11.7. The molecule has 2 heteroatoms. The van der Waals surface area contributed by atoms with Crippen LogP contribution < -0.4 is 0 Å². The first-order valence-electron chi connectivity index (χ1n) is 4.93. The predicted octanol–water partition coefficient (Wildman–Crippen LogP) is 2.21. The van der Waals surface area contributed by atoms with E-state index in [4.69, 9.17) is 0 Å². The highest BCUT2D eigenvalue weighted by Gasteiger charge is 2.29. The molecule has 1 rings (SSSR count). The van der Waals surface area contributed by atoms with Gasteiger partial charge in [-0.25, -0.2) is 0 Å². The molecular formula is C11H19NO. The smallest absolute Gasteiger partial charge is 0.249 e. The Bertz CT molecular complexity index is 230. The number of hydrogen-bond donors (Lipinski definition) is 0. The van der Waals surface area contributed by atoms with Crippen molar-refractivity contribution in [1.29, 1.82) is 0 Å². The van der Waals surface area contributed by atoms with Crippen molar-refractivity contribution in [3.8, 4) is 0 Å². The van der Waals surface area contributed by atoms with Crippen LogP contribution in [0.3, 0.4) is 0 Å². The molecule has 0 aliphatic carbocycles. The van der Waals surface area contributed by atoms with Crippen molar-refractivity contribution in [2.45, 2.75) is 33.6 Å². The Hall–Kier alpha value is -0.790. The Morgan fingerprint density at radius 3 is 2.69 bits per heavy atom. The molecule has 74 valence electrons. The van der Waals surface area contributed by atoms with Crippen LogP contribution in [0.2, 0.25) is 0 Å². The van der Waals surface area contributed by atoms with Gasteiger partial charge in [-0.1, -0.05) is 20.4 Å². The number of hydrogen-bond acceptors (Lipinski definition) is 1. The van der Waals surface area contributed by atoms with Gasteiger partial charge in [0.1, 0.15) is 0 Å². The standard InChI is InChI=1S/C11H19NO/c1-5-12-8-11(3,4)7-6-9(2)10(12)13/h2,5-8H2,1,3-4H3. The topological polar surface area (TPSA) is 20.3 Å². The lowest BCUT2D eigenvalue weighted by atomic mass is 9.87. The minimum atomic E-state index is 0.146. The van der Waals surface area contributed by atoms with E-state index in [1.54, 1.807) is 0 Å². The van der Waals surface area contributed by atoms with Crippen LogP contribution in [-0.4, -0.2) is 23.9 Å². The first-order chi connectivity index (χ1) is 5.96. The molecule has 2 nitrogen and oxygen atoms in total. The monoisotopic (exact) mass is 181 g/mol. The van der Waals surface area contributed by atoms with Crippen LogP contribution >= 0.6 is 0 Å². The van der Waals surface area contributed by atoms with Gasteiger partial charge in [-0.2, -0.15) is 0 Å². The zero-order chi connectivity index (χ0) is 10.1. The lowest BCUT2D eigenvalue weighted by Crippen LogP contribution is -2.36. The van der Waals surface area contributed by atoms with Crippen LogP contribution in [-0.2, 0) is 4.79 Å². The molecule has 1 aliphatic heterocycles. The number of carbonyl (C=O) groups excluding carboxylic acids is 1. The molecule has 0 atom stereocenters. The number of likely N-dealkylation sites (tertiary alicyclic amines) is 1. The van der Waals surface area contributed by atoms with Crippen molar-refractivity contribution < 1.29 is 4.79 Å². The fourth-order valence-corrected chi connectivity index (χ4v) is 1.74. The number of likely N-dealkylation sites (N-methyl/N-ethyl adjacent to an activating group) is 1. The molecule has 0 aromatic heterocycles. The largest absolute Gasteiger partial charge is 0.339 e. The van der Waals surface area contributed by atoms with Crippen molar-refractivity contribution >= 4 is 5.91 Å². The molecule has 13 heavy (non-hydrogen) atoms. The van der Waals surface area contributed by atoms with Crippen LogP contribution in [0.4, 0.5) is 0 Å². The Morgan fingerprint density at radius 1 is 1.54 bits per heavy atom. The van der Waals surface area contributed by atoms with E-state index in [0.29, 0.717) is 0 Å². The quantitative estimate of drug-likeness (QED) is 0.568. The number of nitrogens with zero attached hydrogens (tertiary/aromatic N) is 1. The summed E-state index contributed by atoms with van der Waals surface area (Å²) in [6.07, 6.45) is 1.91. The third-order valence-corrected chi connectivity index (χ3v) is 2.69. The summed E-state index contributed by atoms with van der Waals surface area (Å²) in [5.74, 6) is 0.146. The number of rotatable bonds is 1. The first-order valence-corrected chi connectivity index (χ1v) is 4.93. The maximum atomic E-state index is 11.7. The fourth-order valence-electron chi connectivity index (χ4n) is 1.74. The van der Waals surface area contributed by atoms with Gasteiger partial charge in [0, 0.05) is 18.7 Å². The molecule has 0 saturated carbocycles. The number of amides is 1. The van der Waals surface area contributed by atoms with Gasteiger partial charge in [0.2, 0.25) is 5.91 Å². The minimum Gasteiger partial charge on any atom is -0.339 e. The second kappa shape index (κ2) is 3.52. The number of carbonyl (C=O) groups is 1. The first kappa shape index (κ1) is 10.3. The van der Waals surface area contributed by atoms with E-state index in [1.165, 1.54) is 0 Å². The lowest BCUT2D eigenvalue weighted by molar-refractivity contribution is -0.127. The molecule has 1 saturated heterocycles. The second-order valence-electron chi connectivity index (χ2n) is 4.59. The summed E-state index contributed by atoms with van der Waals surface area (Å²) in [6, 6.07) is 0. The van der Waals surface area contributed by atoms with Gasteiger partial charge in [-0.15, -0.1) is 0 Å². The fraction of sp³-hybridized carbons (Fsp3) is 0.727. The molecule has 1 aliphatic rings. The molecule has 1 amide bonds. The summed E-state index contributed by atoms with van der Waals surface area (Å²) in [7, 11) is 0. The Labute approximate surface area is 80.6 Å². The molecular weight excluding hydrogens is 162 g/mol. The van der Waals surface area contributed by atoms with Crippen molar-refractivity contribution in [2.24, 2.45) is 5.41 Å². The summed E-state index contributed by atoms with van der Waals surface area (Å²) in [5, 5.41) is 0. The zero-order valence-corrected chi connectivity index (χ0v) is 8.89. The summed E-state index contributed by atoms with van der Waals surface area (Å²) >= 11 is 0. The van der Waals surface area contributed by atoms with Crippen LogP contribution in [0.5, 0.6) is 0 Å². The van der Waals surface area contributed by atoms with E-state index in [0.717, 1.165) is 31.5 Å². The Morgan fingerprint density at radius 2 is 2.15 bits per heavy atom. The van der Waals surface area contributed by atoms with Gasteiger partial charge in [-0.3, -0.25) is 4.79 Å². The zero-order valence-electron chi connectivity index (χ0n) is 8.89. The molecule has 0 bridgehead atoms. The molecule has 1 fully saturated rings. The summed E-state index contributed by atoms with van der Waals surface area (Å²) < 4.78 is 0. The molecule has 0 aromatic carbocycles. The van der Waals surface area contributed by atoms with E-state index in [9.17, 15) is 4.79 Å². The lowest BCUT2D eigenvalue weighted by Gasteiger charge is -2.28. The van der Waals surface area contributed by atoms with Gasteiger partial charge in [-0.05, 0) is 25.2 Å². The molecule has 0 unspecified atom stereocenters. The third-order valence-electron chi connectivity index (χ3n) is 2.69. The average Bonchev–Trinajstić information content (AvgIpc) is 2.17. The SMILES string of the molecule is C=C1CCC(C)(C)CN(CC)C1=O. The van der Waals surface area contributed by atoms with E-state index >= 15 is 0 Å². The molecule has 0 aromatic rings. The van der Waals surface area contributed by atoms with Crippen LogP contribution in [0.25, 0.3) is 0 Å². The van der Waals surface area contributed by atoms with E-state index in [2.05, 4.69) is 20.4 Å². The van der Waals surface area contributed by atoms with Crippen molar-refractivity contribution in [3.63, 3.8) is 0 Å². The second-order valence-corrected chi connectivity index (χ2v) is 4.59. The van der Waals surface area contributed by atoms with Crippen LogP contribution in [0, 0.1) is 5.41 Å².